The maximum Gasteiger partial charge on any atom is 0.0992 e. The number of hydrogen-bond acceptors (Lipinski definition) is 3. The van der Waals surface area contributed by atoms with E-state index in [1.165, 1.54) is 0 Å². The molecule has 0 aliphatic carbocycles. The molecule has 1 aromatic rings. The van der Waals surface area contributed by atoms with Crippen LogP contribution in [-0.2, 0) is 0 Å². The summed E-state index contributed by atoms with van der Waals surface area (Å²) in [7, 11) is 0. The largest absolute Gasteiger partial charge is 0.388 e. The Balaban J connectivity index is 2.58. The summed E-state index contributed by atoms with van der Waals surface area (Å²) in [5, 5.41) is 21.9. The van der Waals surface area contributed by atoms with Gasteiger partial charge < -0.3 is 10.4 Å². The lowest BCUT2D eigenvalue weighted by atomic mass is 10.0. The second-order valence-corrected chi connectivity index (χ2v) is 4.29. The van der Waals surface area contributed by atoms with Crippen molar-refractivity contribution in [2.45, 2.75) is 32.3 Å². The Morgan fingerprint density at radius 3 is 2.88 bits per heavy atom. The molecule has 1 atom stereocenters. The second kappa shape index (κ2) is 5.53. The van der Waals surface area contributed by atoms with Gasteiger partial charge in [-0.1, -0.05) is 19.4 Å². The van der Waals surface area contributed by atoms with E-state index < -0.39 is 5.60 Å². The molecular weight excluding hydrogens is 200 g/mol. The molecule has 0 spiro atoms. The molecule has 0 saturated carbocycles. The Bertz CT molecular complexity index is 380. The highest BCUT2D eigenvalue weighted by Gasteiger charge is 2.18. The van der Waals surface area contributed by atoms with E-state index in [1.54, 1.807) is 12.1 Å². The van der Waals surface area contributed by atoms with Crippen molar-refractivity contribution >= 4 is 5.69 Å². The monoisotopic (exact) mass is 218 g/mol. The minimum atomic E-state index is -0.697. The summed E-state index contributed by atoms with van der Waals surface area (Å²) in [6.45, 7) is 4.36. The van der Waals surface area contributed by atoms with Gasteiger partial charge in [-0.15, -0.1) is 0 Å². The van der Waals surface area contributed by atoms with Gasteiger partial charge in [0.15, 0.2) is 0 Å². The molecule has 3 nitrogen and oxygen atoms in total. The number of anilines is 1. The molecule has 0 aromatic heterocycles. The Kier molecular flexibility index (Phi) is 4.33. The van der Waals surface area contributed by atoms with Crippen LogP contribution in [0.1, 0.15) is 32.3 Å². The second-order valence-electron chi connectivity index (χ2n) is 4.29. The highest BCUT2D eigenvalue weighted by molar-refractivity contribution is 5.49. The average Bonchev–Trinajstić information content (AvgIpc) is 2.27. The number of nitrogens with one attached hydrogen (secondary N) is 1. The van der Waals surface area contributed by atoms with Crippen LogP contribution in [0.3, 0.4) is 0 Å². The van der Waals surface area contributed by atoms with Crippen LogP contribution in [0.15, 0.2) is 24.3 Å². The first-order valence-corrected chi connectivity index (χ1v) is 5.54. The number of benzene rings is 1. The van der Waals surface area contributed by atoms with Crippen molar-refractivity contribution in [3.8, 4) is 6.07 Å². The van der Waals surface area contributed by atoms with Crippen LogP contribution in [0, 0.1) is 11.3 Å². The highest BCUT2D eigenvalue weighted by Crippen LogP contribution is 2.15. The number of rotatable bonds is 5. The molecule has 0 radical (unpaired) electrons. The van der Waals surface area contributed by atoms with Crippen LogP contribution in [0.4, 0.5) is 5.69 Å². The van der Waals surface area contributed by atoms with Gasteiger partial charge in [0.2, 0.25) is 0 Å². The first-order chi connectivity index (χ1) is 7.57. The van der Waals surface area contributed by atoms with Crippen molar-refractivity contribution in [1.82, 2.24) is 0 Å². The molecule has 0 aliphatic rings. The predicted molar refractivity (Wildman–Crippen MR) is 65.2 cm³/mol. The SMILES string of the molecule is CCCC(C)(O)CNc1cccc(C#N)c1. The van der Waals surface area contributed by atoms with Crippen molar-refractivity contribution < 1.29 is 5.11 Å². The van der Waals surface area contributed by atoms with Gasteiger partial charge in [-0.05, 0) is 31.5 Å². The molecule has 0 heterocycles. The first kappa shape index (κ1) is 12.5. The van der Waals surface area contributed by atoms with Crippen LogP contribution in [0.2, 0.25) is 0 Å². The fourth-order valence-corrected chi connectivity index (χ4v) is 1.62. The lowest BCUT2D eigenvalue weighted by Crippen LogP contribution is -2.33. The molecule has 1 aromatic carbocycles. The number of nitrogens with zero attached hydrogens (tertiary/aromatic N) is 1. The Hall–Kier alpha value is -1.53. The summed E-state index contributed by atoms with van der Waals surface area (Å²) in [6, 6.07) is 9.35. The van der Waals surface area contributed by atoms with Crippen molar-refractivity contribution in [1.29, 1.82) is 5.26 Å². The normalized spacial score (nSPS) is 13.9. The average molecular weight is 218 g/mol. The predicted octanol–water partition coefficient (Wildman–Crippen LogP) is 2.52. The van der Waals surface area contributed by atoms with E-state index in [0.29, 0.717) is 12.1 Å². The number of hydrogen-bond donors (Lipinski definition) is 2. The van der Waals surface area contributed by atoms with Gasteiger partial charge in [0.25, 0.3) is 0 Å². The molecule has 0 saturated heterocycles. The summed E-state index contributed by atoms with van der Waals surface area (Å²) < 4.78 is 0. The van der Waals surface area contributed by atoms with Crippen molar-refractivity contribution in [2.75, 3.05) is 11.9 Å². The fourth-order valence-electron chi connectivity index (χ4n) is 1.62. The molecule has 3 heteroatoms. The molecule has 2 N–H and O–H groups in total. The molecule has 0 bridgehead atoms. The van der Waals surface area contributed by atoms with E-state index >= 15 is 0 Å². The van der Waals surface area contributed by atoms with Gasteiger partial charge in [0.1, 0.15) is 0 Å². The van der Waals surface area contributed by atoms with Crippen LogP contribution in [0.25, 0.3) is 0 Å². The zero-order chi connectivity index (χ0) is 12.0. The van der Waals surface area contributed by atoms with Gasteiger partial charge >= 0.3 is 0 Å². The van der Waals surface area contributed by atoms with Crippen molar-refractivity contribution in [3.05, 3.63) is 29.8 Å². The molecular formula is C13H18N2O. The van der Waals surface area contributed by atoms with Gasteiger partial charge in [-0.3, -0.25) is 0 Å². The van der Waals surface area contributed by atoms with E-state index in [4.69, 9.17) is 5.26 Å². The molecule has 0 aliphatic heterocycles. The van der Waals surface area contributed by atoms with Gasteiger partial charge in [-0.2, -0.15) is 5.26 Å². The number of aliphatic hydroxyl groups is 1. The summed E-state index contributed by atoms with van der Waals surface area (Å²) in [5.41, 5.74) is 0.799. The minimum Gasteiger partial charge on any atom is -0.388 e. The maximum absolute atomic E-state index is 9.97. The Morgan fingerprint density at radius 1 is 1.50 bits per heavy atom. The topological polar surface area (TPSA) is 56.0 Å². The van der Waals surface area contributed by atoms with E-state index in [-0.39, 0.29) is 0 Å². The maximum atomic E-state index is 9.97. The van der Waals surface area contributed by atoms with Gasteiger partial charge in [0, 0.05) is 12.2 Å². The Labute approximate surface area is 96.7 Å². The third-order valence-corrected chi connectivity index (χ3v) is 2.45. The third kappa shape index (κ3) is 3.92. The van der Waals surface area contributed by atoms with Gasteiger partial charge in [-0.25, -0.2) is 0 Å². The summed E-state index contributed by atoms with van der Waals surface area (Å²) in [5.74, 6) is 0. The third-order valence-electron chi connectivity index (χ3n) is 2.45. The van der Waals surface area contributed by atoms with Gasteiger partial charge in [0.05, 0.1) is 17.2 Å². The van der Waals surface area contributed by atoms with Crippen molar-refractivity contribution in [2.24, 2.45) is 0 Å². The summed E-state index contributed by atoms with van der Waals surface area (Å²) in [6.07, 6.45) is 1.71. The summed E-state index contributed by atoms with van der Waals surface area (Å²) >= 11 is 0. The Morgan fingerprint density at radius 2 is 2.25 bits per heavy atom. The van der Waals surface area contributed by atoms with E-state index in [2.05, 4.69) is 11.4 Å². The van der Waals surface area contributed by atoms with E-state index in [9.17, 15) is 5.11 Å². The lowest BCUT2D eigenvalue weighted by Gasteiger charge is -2.23. The molecule has 1 unspecified atom stereocenters. The lowest BCUT2D eigenvalue weighted by molar-refractivity contribution is 0.0637. The van der Waals surface area contributed by atoms with Crippen LogP contribution in [-0.4, -0.2) is 17.3 Å². The van der Waals surface area contributed by atoms with Crippen LogP contribution < -0.4 is 5.32 Å². The molecule has 86 valence electrons. The minimum absolute atomic E-state index is 0.496. The van der Waals surface area contributed by atoms with E-state index in [0.717, 1.165) is 18.5 Å². The quantitative estimate of drug-likeness (QED) is 0.798. The standard InChI is InChI=1S/C13H18N2O/c1-3-7-13(2,16)10-15-12-6-4-5-11(8-12)9-14/h4-6,8,15-16H,3,7,10H2,1-2H3. The fraction of sp³-hybridized carbons (Fsp3) is 0.462. The molecule has 16 heavy (non-hydrogen) atoms. The molecule has 1 rings (SSSR count). The smallest absolute Gasteiger partial charge is 0.0992 e. The summed E-state index contributed by atoms with van der Waals surface area (Å²) in [4.78, 5) is 0. The van der Waals surface area contributed by atoms with Crippen LogP contribution in [0.5, 0.6) is 0 Å². The zero-order valence-corrected chi connectivity index (χ0v) is 9.83. The number of nitriles is 1. The highest BCUT2D eigenvalue weighted by atomic mass is 16.3. The zero-order valence-electron chi connectivity index (χ0n) is 9.83. The van der Waals surface area contributed by atoms with Crippen LogP contribution >= 0.6 is 0 Å². The molecule has 0 fully saturated rings. The first-order valence-electron chi connectivity index (χ1n) is 5.54. The molecule has 0 amide bonds. The van der Waals surface area contributed by atoms with Crippen molar-refractivity contribution in [3.63, 3.8) is 0 Å². The van der Waals surface area contributed by atoms with E-state index in [1.807, 2.05) is 26.0 Å².